The average molecular weight is 461 g/mol. The molecule has 4 aliphatic carbocycles. The third kappa shape index (κ3) is 3.70. The summed E-state index contributed by atoms with van der Waals surface area (Å²) in [5.74, 6) is 2.59. The van der Waals surface area contributed by atoms with E-state index >= 15 is 0 Å². The number of hydrogen-bond acceptors (Lipinski definition) is 3. The van der Waals surface area contributed by atoms with Gasteiger partial charge in [-0.15, -0.1) is 0 Å². The molecule has 4 fully saturated rings. The minimum atomic E-state index is -1.05. The van der Waals surface area contributed by atoms with E-state index in [1.165, 1.54) is 50.5 Å². The zero-order chi connectivity index (χ0) is 24.6. The fourth-order valence-electron chi connectivity index (χ4n) is 10.1. The molecule has 0 aromatic heterocycles. The molecule has 190 valence electrons. The van der Waals surface area contributed by atoms with Crippen molar-refractivity contribution >= 4 is 0 Å². The van der Waals surface area contributed by atoms with Crippen LogP contribution in [0.1, 0.15) is 113 Å². The summed E-state index contributed by atoms with van der Waals surface area (Å²) in [7, 11) is 0. The Morgan fingerprint density at radius 3 is 2.18 bits per heavy atom. The SMILES string of the molecule is C=C(CCC(O)C(C)(C)O)[C@@H]1CC[C@]2(C)[C@H]1CC[C@H]1[C@@]3(C)CCC(O)C(C)(C)[C@@H]3CC[C@]12C. The summed E-state index contributed by atoms with van der Waals surface area (Å²) < 4.78 is 0. The van der Waals surface area contributed by atoms with Crippen molar-refractivity contribution in [3.05, 3.63) is 12.2 Å². The van der Waals surface area contributed by atoms with Gasteiger partial charge in [0.1, 0.15) is 0 Å². The molecule has 3 N–H and O–H groups in total. The van der Waals surface area contributed by atoms with E-state index in [0.717, 1.165) is 18.8 Å². The fraction of sp³-hybridized carbons (Fsp3) is 0.933. The Bertz CT molecular complexity index is 765. The molecule has 0 bridgehead atoms. The maximum Gasteiger partial charge on any atom is 0.0849 e. The molecule has 3 heteroatoms. The molecule has 0 heterocycles. The zero-order valence-corrected chi connectivity index (χ0v) is 22.6. The van der Waals surface area contributed by atoms with Crippen molar-refractivity contribution in [2.24, 2.45) is 45.3 Å². The van der Waals surface area contributed by atoms with Gasteiger partial charge >= 0.3 is 0 Å². The summed E-state index contributed by atoms with van der Waals surface area (Å²) in [6.45, 7) is 20.4. The van der Waals surface area contributed by atoms with Crippen LogP contribution in [0, 0.1) is 45.3 Å². The molecular formula is C30H52O3. The smallest absolute Gasteiger partial charge is 0.0849 e. The van der Waals surface area contributed by atoms with Gasteiger partial charge in [0.2, 0.25) is 0 Å². The second-order valence-electron chi connectivity index (χ2n) is 14.6. The van der Waals surface area contributed by atoms with Gasteiger partial charge in [-0.2, -0.15) is 0 Å². The Labute approximate surface area is 203 Å². The number of aliphatic hydroxyl groups excluding tert-OH is 2. The van der Waals surface area contributed by atoms with Crippen LogP contribution in [0.2, 0.25) is 0 Å². The van der Waals surface area contributed by atoms with Gasteiger partial charge in [0.05, 0.1) is 17.8 Å². The van der Waals surface area contributed by atoms with Gasteiger partial charge in [0.15, 0.2) is 0 Å². The molecule has 3 nitrogen and oxygen atoms in total. The Morgan fingerprint density at radius 1 is 0.909 bits per heavy atom. The van der Waals surface area contributed by atoms with Gasteiger partial charge in [-0.3, -0.25) is 0 Å². The second-order valence-corrected chi connectivity index (χ2v) is 14.6. The summed E-state index contributed by atoms with van der Waals surface area (Å²) in [5.41, 5.74) is 1.28. The van der Waals surface area contributed by atoms with Gasteiger partial charge in [-0.1, -0.05) is 46.8 Å². The van der Waals surface area contributed by atoms with Crippen molar-refractivity contribution in [2.45, 2.75) is 130 Å². The lowest BCUT2D eigenvalue weighted by Crippen LogP contribution is -2.63. The van der Waals surface area contributed by atoms with E-state index in [9.17, 15) is 15.3 Å². The van der Waals surface area contributed by atoms with Crippen molar-refractivity contribution in [3.8, 4) is 0 Å². The molecule has 9 atom stereocenters. The van der Waals surface area contributed by atoms with Crippen LogP contribution in [0.4, 0.5) is 0 Å². The molecule has 0 aromatic carbocycles. The number of rotatable bonds is 5. The van der Waals surface area contributed by atoms with E-state index in [0.29, 0.717) is 40.4 Å². The Balaban J connectivity index is 1.55. The number of allylic oxidation sites excluding steroid dienone is 1. The molecule has 0 aromatic rings. The lowest BCUT2D eigenvalue weighted by atomic mass is 9.35. The monoisotopic (exact) mass is 460 g/mol. The Morgan fingerprint density at radius 2 is 1.55 bits per heavy atom. The summed E-state index contributed by atoms with van der Waals surface area (Å²) in [4.78, 5) is 0. The fourth-order valence-corrected chi connectivity index (χ4v) is 10.1. The first-order chi connectivity index (χ1) is 15.1. The first-order valence-electron chi connectivity index (χ1n) is 13.8. The van der Waals surface area contributed by atoms with Gasteiger partial charge in [-0.05, 0) is 123 Å². The Kier molecular flexibility index (Phi) is 6.28. The van der Waals surface area contributed by atoms with Crippen LogP contribution in [-0.2, 0) is 0 Å². The lowest BCUT2D eigenvalue weighted by molar-refractivity contribution is -0.220. The molecule has 33 heavy (non-hydrogen) atoms. The molecule has 4 aliphatic rings. The highest BCUT2D eigenvalue weighted by atomic mass is 16.3. The van der Waals surface area contributed by atoms with E-state index in [4.69, 9.17) is 0 Å². The minimum absolute atomic E-state index is 0.0138. The average Bonchev–Trinajstić information content (AvgIpc) is 3.07. The molecule has 2 unspecified atom stereocenters. The zero-order valence-electron chi connectivity index (χ0n) is 22.6. The Hall–Kier alpha value is -0.380. The summed E-state index contributed by atoms with van der Waals surface area (Å²) in [5, 5.41) is 31.3. The normalized spacial score (nSPS) is 47.9. The topological polar surface area (TPSA) is 60.7 Å². The molecule has 0 saturated heterocycles. The van der Waals surface area contributed by atoms with Crippen LogP contribution in [0.25, 0.3) is 0 Å². The van der Waals surface area contributed by atoms with E-state index in [-0.39, 0.29) is 11.5 Å². The van der Waals surface area contributed by atoms with Crippen molar-refractivity contribution in [3.63, 3.8) is 0 Å². The second kappa shape index (κ2) is 8.07. The van der Waals surface area contributed by atoms with Crippen molar-refractivity contribution in [2.75, 3.05) is 0 Å². The van der Waals surface area contributed by atoms with Crippen LogP contribution in [0.5, 0.6) is 0 Å². The minimum Gasteiger partial charge on any atom is -0.393 e. The number of hydrogen-bond donors (Lipinski definition) is 3. The molecule has 0 aliphatic heterocycles. The van der Waals surface area contributed by atoms with Gasteiger partial charge in [-0.25, -0.2) is 0 Å². The molecule has 0 amide bonds. The van der Waals surface area contributed by atoms with Gasteiger partial charge in [0.25, 0.3) is 0 Å². The highest BCUT2D eigenvalue weighted by Crippen LogP contribution is 2.75. The molecule has 0 radical (unpaired) electrons. The standard InChI is InChI=1S/C30H52O3/c1-19(9-12-25(32)27(4,5)33)20-13-17-29(7)21(20)10-11-23-28(6)16-15-24(31)26(2,3)22(28)14-18-30(23,29)8/h20-25,31-33H,1,9-18H2,2-8H3/t20-,21-,22-,23-,24?,25?,28-,29+,30+/m0/s1. The van der Waals surface area contributed by atoms with Crippen LogP contribution >= 0.6 is 0 Å². The van der Waals surface area contributed by atoms with E-state index in [2.05, 4.69) is 41.2 Å². The summed E-state index contributed by atoms with van der Waals surface area (Å²) in [6, 6.07) is 0. The highest BCUT2D eigenvalue weighted by molar-refractivity contribution is 5.20. The third-order valence-electron chi connectivity index (χ3n) is 12.5. The predicted octanol–water partition coefficient (Wildman–Crippen LogP) is 6.50. The van der Waals surface area contributed by atoms with E-state index < -0.39 is 11.7 Å². The number of fused-ring (bicyclic) bond motifs is 5. The quantitative estimate of drug-likeness (QED) is 0.410. The van der Waals surface area contributed by atoms with Crippen LogP contribution in [0.15, 0.2) is 12.2 Å². The molecule has 4 rings (SSSR count). The van der Waals surface area contributed by atoms with Crippen molar-refractivity contribution in [1.82, 2.24) is 0 Å². The first-order valence-corrected chi connectivity index (χ1v) is 13.8. The maximum atomic E-state index is 10.8. The maximum absolute atomic E-state index is 10.8. The van der Waals surface area contributed by atoms with Gasteiger partial charge < -0.3 is 15.3 Å². The number of aliphatic hydroxyl groups is 3. The van der Waals surface area contributed by atoms with Crippen LogP contribution < -0.4 is 0 Å². The predicted molar refractivity (Wildman–Crippen MR) is 136 cm³/mol. The molecular weight excluding hydrogens is 408 g/mol. The van der Waals surface area contributed by atoms with Crippen molar-refractivity contribution in [1.29, 1.82) is 0 Å². The summed E-state index contributed by atoms with van der Waals surface area (Å²) >= 11 is 0. The molecule has 4 saturated carbocycles. The van der Waals surface area contributed by atoms with Crippen LogP contribution in [0.3, 0.4) is 0 Å². The summed E-state index contributed by atoms with van der Waals surface area (Å²) in [6.07, 6.45) is 10.3. The van der Waals surface area contributed by atoms with E-state index in [1.54, 1.807) is 13.8 Å². The van der Waals surface area contributed by atoms with E-state index in [1.807, 2.05) is 0 Å². The van der Waals surface area contributed by atoms with Crippen LogP contribution in [-0.4, -0.2) is 33.1 Å². The first kappa shape index (κ1) is 25.7. The lowest BCUT2D eigenvalue weighted by Gasteiger charge is -2.69. The highest BCUT2D eigenvalue weighted by Gasteiger charge is 2.68. The van der Waals surface area contributed by atoms with Crippen molar-refractivity contribution < 1.29 is 15.3 Å². The van der Waals surface area contributed by atoms with Gasteiger partial charge in [0, 0.05) is 0 Å². The third-order valence-corrected chi connectivity index (χ3v) is 12.5. The largest absolute Gasteiger partial charge is 0.393 e. The molecule has 0 spiro atoms.